The van der Waals surface area contributed by atoms with Crippen LogP contribution in [0, 0.1) is 0 Å². The number of carbonyl (C=O) groups excluding carboxylic acids is 1. The molecule has 653 valence electrons. The maximum Gasteiger partial charge on any atom is 1.00 e. The Morgan fingerprint density at radius 3 is 0.968 bits per heavy atom. The van der Waals surface area contributed by atoms with Crippen molar-refractivity contribution in [3.63, 3.8) is 0 Å². The van der Waals surface area contributed by atoms with E-state index in [2.05, 4.69) is 103 Å². The molecule has 3 aromatic heterocycles. The number of likely N-dealkylation sites (N-methyl/N-ethyl adjacent to an activating group) is 2. The number of halogens is 1. The molecule has 0 aliphatic rings. The van der Waals surface area contributed by atoms with Crippen molar-refractivity contribution < 1.29 is 137 Å². The fourth-order valence-corrected chi connectivity index (χ4v) is 11.9. The minimum atomic E-state index is -0.391. The molecule has 0 fully saturated rings. The Hall–Kier alpha value is -9.22. The third kappa shape index (κ3) is 33.8. The summed E-state index contributed by atoms with van der Waals surface area (Å²) >= 11 is 3.43. The second kappa shape index (κ2) is 59.7. The minimum absolute atomic E-state index is 0. The van der Waals surface area contributed by atoms with Gasteiger partial charge in [-0.1, -0.05) is 107 Å². The fourth-order valence-electron chi connectivity index (χ4n) is 11.6. The molecule has 33 nitrogen and oxygen atoms in total. The molecule has 0 saturated heterocycles. The Labute approximate surface area is 851 Å². The normalized spacial score (nSPS) is 10.6. The van der Waals surface area contributed by atoms with Crippen LogP contribution in [-0.2, 0) is 9.68 Å². The third-order valence-electron chi connectivity index (χ3n) is 17.6. The molecule has 0 bridgehead atoms. The van der Waals surface area contributed by atoms with Crippen LogP contribution in [0.2, 0.25) is 0 Å². The maximum absolute atomic E-state index is 12.6. The van der Waals surface area contributed by atoms with Crippen LogP contribution in [0.1, 0.15) is 19.3 Å². The average Bonchev–Trinajstić information content (AvgIpc) is 1.72. The number of hydrogen-bond acceptors (Lipinski definition) is 27. The van der Waals surface area contributed by atoms with Crippen LogP contribution >= 0.6 is 15.9 Å². The topological polar surface area (TPSA) is 424 Å². The first kappa shape index (κ1) is 106. The zero-order chi connectivity index (χ0) is 88.7. The summed E-state index contributed by atoms with van der Waals surface area (Å²) in [5, 5.41) is 74.3. The van der Waals surface area contributed by atoms with Crippen LogP contribution in [0.3, 0.4) is 0 Å². The predicted octanol–water partition coefficient (Wildman–Crippen LogP) is 11.7. The van der Waals surface area contributed by atoms with E-state index in [1.54, 1.807) is 98.2 Å². The van der Waals surface area contributed by atoms with Crippen LogP contribution in [0.5, 0.6) is 51.7 Å². The maximum atomic E-state index is 12.6. The molecule has 0 amide bonds. The number of rotatable bonds is 37. The molecule has 0 atom stereocenters. The molecule has 9 aromatic carbocycles. The van der Waals surface area contributed by atoms with Crippen LogP contribution < -0.4 is 144 Å². The number of nitrogens with zero attached hydrogens (tertiary/aromatic N) is 8. The summed E-state index contributed by atoms with van der Waals surface area (Å²) in [4.78, 5) is 53.0. The largest absolute Gasteiger partial charge is 1.00 e. The van der Waals surface area contributed by atoms with Crippen molar-refractivity contribution in [2.45, 2.75) is 19.3 Å². The van der Waals surface area contributed by atoms with E-state index >= 15 is 0 Å². The summed E-state index contributed by atoms with van der Waals surface area (Å²) in [5.41, 5.74) is 10.3. The van der Waals surface area contributed by atoms with Gasteiger partial charge in [0.25, 0.3) is 23.2 Å². The summed E-state index contributed by atoms with van der Waals surface area (Å²) in [6, 6.07) is 62.6. The minimum Gasteiger partial charge on any atom is -0.662 e. The average molecular weight is 2020 g/mol. The Balaban J connectivity index is 0.000000310. The second-order valence-corrected chi connectivity index (χ2v) is 27.3. The molecule has 36 heteroatoms. The van der Waals surface area contributed by atoms with Crippen LogP contribution in [0.4, 0.5) is 34.1 Å². The van der Waals surface area contributed by atoms with Gasteiger partial charge in [0.15, 0.2) is 51.6 Å². The number of aromatic nitrogens is 6. The number of aromatic amines is 6. The SMILES string of the molecule is CNC.CNCCO.COc1ccc(-c2[nH][nH]c(=O)c2N=Nc2ccc(OCCCBr)c(-c3ccccc3)c2)cc1OC.COc1ccc(-c2[nH][nH]c(=O)c2N=Nc2ccc(OCCCN(C)C)c(-c3ccccc3)c2)cc1OC.COc1ccc(-c2[nH][nH]c(=O)c2N=Nc2ccc(OCCCN(C)CCO)c(-c3ccccc3)c2)cc1OC.O=CO[O-].[Cs+].[Cs]. The quantitative estimate of drug-likeness (QED) is 0.00432. The van der Waals surface area contributed by atoms with E-state index in [0.29, 0.717) is 118 Å². The number of nitrogens with one attached hydrogen (secondary N) is 8. The van der Waals surface area contributed by atoms with Gasteiger partial charge in [-0.05, 0) is 187 Å². The van der Waals surface area contributed by atoms with Crippen LogP contribution in [0.15, 0.2) is 245 Å². The standard InChI is InChI=1S/C29H33N5O5.C28H31N5O4.C26H25BrN4O4.C3H9NO.C2H7N.CH2O3.2Cs/c1-34(15-16-35)14-7-17-39-24-13-11-22(19-23(24)20-8-5-4-6-9-20)30-32-28-27(31-33-29(28)36)21-10-12-25(37-2)26(18-21)38-3;1-33(2)15-8-16-37-23-14-12-21(18-22(23)19-9-6-5-7-10-19)29-31-27-26(30-32-28(27)34)20-11-13-24(35-3)25(17-20)36-4;1-33-22-11-9-18(15-23(22)34-2)24-25(26(32)31-29-24)30-28-19-10-12-21(35-14-6-13-27)20(16-19)17-7-4-3-5-8-17;1-4-2-3-5;1-3-2;2-1-4-3;;/h4-6,8-13,18-19,35H,7,14-17H2,1-3H3,(H2,31,33,36);5-7,9-14,17-18H,8,15-16H2,1-4H3,(H2,30,32,34);3-5,7-12,15-16H,6,13-14H2,1-2H3,(H2,29,31,32);4-5H,2-3H2,1H3;3H,1-2H3;1,3H;;/q;;;;;;;+1/p-1. The van der Waals surface area contributed by atoms with Crippen LogP contribution in [0.25, 0.3) is 67.2 Å². The number of aliphatic hydroxyl groups excluding tert-OH is 2. The van der Waals surface area contributed by atoms with Gasteiger partial charge in [-0.2, -0.15) is 15.3 Å². The van der Waals surface area contributed by atoms with E-state index in [1.807, 2.05) is 187 Å². The van der Waals surface area contributed by atoms with E-state index in [1.165, 1.54) is 0 Å². The van der Waals surface area contributed by atoms with Gasteiger partial charge in [0.1, 0.15) is 17.2 Å². The molecule has 10 N–H and O–H groups in total. The summed E-state index contributed by atoms with van der Waals surface area (Å²) in [5.74, 6) is 5.63. The van der Waals surface area contributed by atoms with Gasteiger partial charge in [0.05, 0.1) is 110 Å². The number of hydrogen-bond donors (Lipinski definition) is 10. The smallest absolute Gasteiger partial charge is 0.662 e. The first-order valence-corrected chi connectivity index (χ1v) is 39.9. The van der Waals surface area contributed by atoms with Crippen LogP contribution in [-0.4, -0.2) is 275 Å². The fraction of sp³-hybridized carbons (Fsp3) is 0.281. The number of H-pyrrole nitrogens is 6. The number of methoxy groups -OCH3 is 6. The van der Waals surface area contributed by atoms with E-state index in [4.69, 9.17) is 62.9 Å². The number of alkyl halides is 1. The Morgan fingerprint density at radius 2 is 0.704 bits per heavy atom. The van der Waals surface area contributed by atoms with Gasteiger partial charge >= 0.3 is 68.9 Å². The molecule has 0 aliphatic carbocycles. The molecule has 0 saturated carbocycles. The Bertz CT molecular complexity index is 5440. The van der Waals surface area contributed by atoms with Crippen molar-refractivity contribution in [1.29, 1.82) is 0 Å². The summed E-state index contributed by atoms with van der Waals surface area (Å²) in [6.45, 7) is 5.01. The molecule has 12 aromatic rings. The Kier molecular flexibility index (Phi) is 50.8. The van der Waals surface area contributed by atoms with E-state index in [0.717, 1.165) is 88.3 Å². The molecule has 0 unspecified atom stereocenters. The van der Waals surface area contributed by atoms with Gasteiger partial charge in [0, 0.05) is 134 Å². The summed E-state index contributed by atoms with van der Waals surface area (Å²) in [7, 11) is 21.0. The number of carbonyl (C=O) groups is 1. The van der Waals surface area contributed by atoms with Crippen molar-refractivity contribution in [2.75, 3.05) is 149 Å². The molecule has 0 aliphatic heterocycles. The van der Waals surface area contributed by atoms with Gasteiger partial charge in [-0.3, -0.25) is 49.8 Å². The first-order valence-electron chi connectivity index (χ1n) is 38.8. The second-order valence-electron chi connectivity index (χ2n) is 26.5. The van der Waals surface area contributed by atoms with Gasteiger partial charge < -0.3 is 83.4 Å². The molecule has 125 heavy (non-hydrogen) atoms. The van der Waals surface area contributed by atoms with Crippen molar-refractivity contribution in [1.82, 2.24) is 51.0 Å². The molecule has 1 radical (unpaired) electrons. The first-order chi connectivity index (χ1) is 59.9. The number of aliphatic hydroxyl groups is 2. The predicted molar refractivity (Wildman–Crippen MR) is 484 cm³/mol. The zero-order valence-corrected chi connectivity index (χ0v) is 86.9. The summed E-state index contributed by atoms with van der Waals surface area (Å²) in [6.07, 6.45) is 2.63. The zero-order valence-electron chi connectivity index (χ0n) is 72.8. The van der Waals surface area contributed by atoms with E-state index in [-0.39, 0.29) is 186 Å². The summed E-state index contributed by atoms with van der Waals surface area (Å²) < 4.78 is 50.3. The van der Waals surface area contributed by atoms with Gasteiger partial charge in [-0.25, -0.2) is 0 Å². The number of benzene rings is 9. The van der Waals surface area contributed by atoms with E-state index in [9.17, 15) is 14.4 Å². The monoisotopic (exact) mass is 2020 g/mol. The molecule has 0 spiro atoms. The molecule has 12 rings (SSSR count). The number of azo groups is 3. The Morgan fingerprint density at radius 1 is 0.400 bits per heavy atom. The van der Waals surface area contributed by atoms with Crippen molar-refractivity contribution in [2.24, 2.45) is 30.7 Å². The number of ether oxygens (including phenoxy) is 9. The molecule has 3 heterocycles. The van der Waals surface area contributed by atoms with Crippen molar-refractivity contribution in [3.05, 3.63) is 231 Å². The van der Waals surface area contributed by atoms with Gasteiger partial charge in [0.2, 0.25) is 0 Å². The van der Waals surface area contributed by atoms with Crippen molar-refractivity contribution in [3.8, 4) is 119 Å². The van der Waals surface area contributed by atoms with Crippen molar-refractivity contribution >= 4 is 125 Å². The van der Waals surface area contributed by atoms with Gasteiger partial charge in [-0.15, -0.1) is 15.3 Å². The molecular weight excluding hydrogens is 1910 g/mol. The third-order valence-corrected chi connectivity index (χ3v) is 18.1. The van der Waals surface area contributed by atoms with E-state index < -0.39 is 5.56 Å². The molecular formula is C89H106BrCs2N16O17.